The van der Waals surface area contributed by atoms with E-state index < -0.39 is 31.7 Å². The molecule has 1 aromatic carbocycles. The molecule has 9 heteroatoms. The fraction of sp³-hybridized carbons (Fsp3) is 0.214. The summed E-state index contributed by atoms with van der Waals surface area (Å²) in [4.78, 5) is 3.32. The smallest absolute Gasteiger partial charge is 0.379 e. The SMILES string of the molecule is Cc1cncc(Oc2ccc3c(c2Br)[C@@H](O)C(F)(F)S3(=O)=O)c1. The predicted molar refractivity (Wildman–Crippen MR) is 80.3 cm³/mol. The van der Waals surface area contributed by atoms with Crippen molar-refractivity contribution < 1.29 is 27.0 Å². The van der Waals surface area contributed by atoms with Crippen molar-refractivity contribution in [3.05, 3.63) is 46.2 Å². The summed E-state index contributed by atoms with van der Waals surface area (Å²) >= 11 is 3.05. The Morgan fingerprint density at radius 2 is 2.04 bits per heavy atom. The molecule has 1 atom stereocenters. The molecule has 0 radical (unpaired) electrons. The summed E-state index contributed by atoms with van der Waals surface area (Å²) in [6, 6.07) is 3.92. The van der Waals surface area contributed by atoms with E-state index in [1.54, 1.807) is 19.2 Å². The topological polar surface area (TPSA) is 76.5 Å². The number of halogens is 3. The first kappa shape index (κ1) is 16.3. The van der Waals surface area contributed by atoms with Gasteiger partial charge in [0, 0.05) is 11.8 Å². The summed E-state index contributed by atoms with van der Waals surface area (Å²) in [7, 11) is -4.93. The van der Waals surface area contributed by atoms with Crippen LogP contribution in [0.2, 0.25) is 0 Å². The van der Waals surface area contributed by atoms with Crippen molar-refractivity contribution in [2.75, 3.05) is 0 Å². The van der Waals surface area contributed by atoms with Gasteiger partial charge in [-0.1, -0.05) is 0 Å². The molecule has 2 aromatic rings. The quantitative estimate of drug-likeness (QED) is 0.828. The van der Waals surface area contributed by atoms with E-state index in [9.17, 15) is 22.3 Å². The van der Waals surface area contributed by atoms with Gasteiger partial charge in [-0.2, -0.15) is 8.78 Å². The average molecular weight is 406 g/mol. The van der Waals surface area contributed by atoms with Gasteiger partial charge >= 0.3 is 5.25 Å². The van der Waals surface area contributed by atoms with Gasteiger partial charge in [0.1, 0.15) is 11.5 Å². The van der Waals surface area contributed by atoms with Crippen molar-refractivity contribution in [2.45, 2.75) is 23.2 Å². The zero-order chi connectivity index (χ0) is 17.0. The van der Waals surface area contributed by atoms with Gasteiger partial charge in [-0.15, -0.1) is 0 Å². The highest BCUT2D eigenvalue weighted by Crippen LogP contribution is 2.53. The Morgan fingerprint density at radius 3 is 2.70 bits per heavy atom. The van der Waals surface area contributed by atoms with Gasteiger partial charge in [0.25, 0.3) is 0 Å². The summed E-state index contributed by atoms with van der Waals surface area (Å²) in [6.45, 7) is 1.80. The van der Waals surface area contributed by atoms with Crippen LogP contribution in [0.25, 0.3) is 0 Å². The minimum Gasteiger partial charge on any atom is -0.455 e. The molecule has 5 nitrogen and oxygen atoms in total. The van der Waals surface area contributed by atoms with Crippen molar-refractivity contribution in [3.63, 3.8) is 0 Å². The molecule has 0 aliphatic carbocycles. The number of aryl methyl sites for hydroxylation is 1. The minimum absolute atomic E-state index is 0.0373. The van der Waals surface area contributed by atoms with Crippen molar-refractivity contribution >= 4 is 25.8 Å². The number of rotatable bonds is 2. The maximum Gasteiger partial charge on any atom is 0.379 e. The molecule has 122 valence electrons. The Bertz CT molecular complexity index is 902. The van der Waals surface area contributed by atoms with E-state index in [0.29, 0.717) is 5.75 Å². The lowest BCUT2D eigenvalue weighted by Gasteiger charge is -2.14. The number of aliphatic hydroxyl groups is 1. The first-order chi connectivity index (χ1) is 10.7. The van der Waals surface area contributed by atoms with Crippen LogP contribution in [0.4, 0.5) is 8.78 Å². The van der Waals surface area contributed by atoms with Crippen LogP contribution in [0.3, 0.4) is 0 Å². The standard InChI is InChI=1S/C14H10BrF2NO4S/c1-7-4-8(6-18-5-7)22-9-2-3-10-11(12(9)15)13(19)14(16,17)23(10,20)21/h2-6,13,19H,1H3/t13-/m1/s1. The predicted octanol–water partition coefficient (Wildman–Crippen LogP) is 3.36. The molecular formula is C14H10BrF2NO4S. The molecule has 1 aliphatic heterocycles. The molecule has 0 saturated carbocycles. The number of sulfone groups is 1. The number of nitrogens with zero attached hydrogens (tertiary/aromatic N) is 1. The Morgan fingerprint density at radius 1 is 1.35 bits per heavy atom. The van der Waals surface area contributed by atoms with Gasteiger partial charge in [-0.05, 0) is 46.6 Å². The monoisotopic (exact) mass is 405 g/mol. The number of hydrogen-bond donors (Lipinski definition) is 1. The Balaban J connectivity index is 2.11. The van der Waals surface area contributed by atoms with Crippen molar-refractivity contribution in [2.24, 2.45) is 0 Å². The third-order valence-electron chi connectivity index (χ3n) is 3.42. The normalized spacial score (nSPS) is 21.0. The number of benzene rings is 1. The second-order valence-corrected chi connectivity index (χ2v) is 7.84. The van der Waals surface area contributed by atoms with Crippen LogP contribution < -0.4 is 4.74 Å². The van der Waals surface area contributed by atoms with Gasteiger partial charge in [-0.3, -0.25) is 4.98 Å². The van der Waals surface area contributed by atoms with Gasteiger partial charge < -0.3 is 9.84 Å². The molecule has 0 bridgehead atoms. The third-order valence-corrected chi connectivity index (χ3v) is 6.11. The first-order valence-corrected chi connectivity index (χ1v) is 8.66. The van der Waals surface area contributed by atoms with E-state index in [4.69, 9.17) is 4.74 Å². The van der Waals surface area contributed by atoms with Gasteiger partial charge in [-0.25, -0.2) is 8.42 Å². The molecule has 23 heavy (non-hydrogen) atoms. The van der Waals surface area contributed by atoms with Crippen LogP contribution in [0.1, 0.15) is 17.2 Å². The van der Waals surface area contributed by atoms with Gasteiger partial charge in [0.15, 0.2) is 6.10 Å². The molecule has 1 N–H and O–H groups in total. The van der Waals surface area contributed by atoms with E-state index in [1.807, 2.05) is 0 Å². The first-order valence-electron chi connectivity index (χ1n) is 6.38. The van der Waals surface area contributed by atoms with E-state index >= 15 is 0 Å². The van der Waals surface area contributed by atoms with Crippen LogP contribution in [0.15, 0.2) is 40.0 Å². The minimum atomic E-state index is -4.93. The lowest BCUT2D eigenvalue weighted by atomic mass is 10.1. The number of hydrogen-bond acceptors (Lipinski definition) is 5. The van der Waals surface area contributed by atoms with E-state index in [-0.39, 0.29) is 10.2 Å². The summed E-state index contributed by atoms with van der Waals surface area (Å²) in [6.07, 6.45) is 0.576. The molecule has 1 aromatic heterocycles. The lowest BCUT2D eigenvalue weighted by Crippen LogP contribution is -2.28. The van der Waals surface area contributed by atoms with Crippen molar-refractivity contribution in [1.29, 1.82) is 0 Å². The second-order valence-electron chi connectivity index (χ2n) is 5.06. The molecule has 1 aliphatic rings. The average Bonchev–Trinajstić information content (AvgIpc) is 2.60. The fourth-order valence-corrected chi connectivity index (χ4v) is 4.52. The molecule has 0 saturated heterocycles. The molecule has 3 rings (SSSR count). The van der Waals surface area contributed by atoms with Crippen molar-refractivity contribution in [3.8, 4) is 11.5 Å². The molecule has 0 spiro atoms. The largest absolute Gasteiger partial charge is 0.455 e. The number of aromatic nitrogens is 1. The van der Waals surface area contributed by atoms with Crippen LogP contribution in [-0.4, -0.2) is 23.8 Å². The Kier molecular flexibility index (Phi) is 3.69. The summed E-state index contributed by atoms with van der Waals surface area (Å²) in [5.41, 5.74) is 0.419. The zero-order valence-electron chi connectivity index (χ0n) is 11.6. The summed E-state index contributed by atoms with van der Waals surface area (Å²) < 4.78 is 56.7. The summed E-state index contributed by atoms with van der Waals surface area (Å²) in [5, 5.41) is 5.46. The number of ether oxygens (including phenoxy) is 1. The van der Waals surface area contributed by atoms with E-state index in [1.165, 1.54) is 12.3 Å². The van der Waals surface area contributed by atoms with Gasteiger partial charge in [0.05, 0.1) is 15.6 Å². The van der Waals surface area contributed by atoms with E-state index in [2.05, 4.69) is 20.9 Å². The van der Waals surface area contributed by atoms with E-state index in [0.717, 1.165) is 11.6 Å². The maximum atomic E-state index is 13.8. The number of aliphatic hydroxyl groups excluding tert-OH is 1. The molecule has 0 fully saturated rings. The molecule has 2 heterocycles. The highest BCUT2D eigenvalue weighted by atomic mass is 79.9. The van der Waals surface area contributed by atoms with Crippen LogP contribution in [0.5, 0.6) is 11.5 Å². The van der Waals surface area contributed by atoms with Crippen molar-refractivity contribution in [1.82, 2.24) is 4.98 Å². The molecule has 0 unspecified atom stereocenters. The Hall–Kier alpha value is -1.58. The van der Waals surface area contributed by atoms with Crippen LogP contribution in [-0.2, 0) is 9.84 Å². The number of pyridine rings is 1. The second kappa shape index (κ2) is 5.22. The number of alkyl halides is 2. The van der Waals surface area contributed by atoms with Crippen LogP contribution >= 0.6 is 15.9 Å². The zero-order valence-corrected chi connectivity index (χ0v) is 14.0. The maximum absolute atomic E-state index is 13.8. The molecular weight excluding hydrogens is 396 g/mol. The van der Waals surface area contributed by atoms with Crippen LogP contribution in [0, 0.1) is 6.92 Å². The fourth-order valence-electron chi connectivity index (χ4n) is 2.29. The number of fused-ring (bicyclic) bond motifs is 1. The Labute approximate surface area is 139 Å². The third kappa shape index (κ3) is 2.34. The lowest BCUT2D eigenvalue weighted by molar-refractivity contribution is -0.0379. The molecule has 0 amide bonds. The highest BCUT2D eigenvalue weighted by molar-refractivity contribution is 9.10. The summed E-state index contributed by atoms with van der Waals surface area (Å²) in [5.74, 6) is 0.454. The highest BCUT2D eigenvalue weighted by Gasteiger charge is 2.61. The van der Waals surface area contributed by atoms with Gasteiger partial charge in [0.2, 0.25) is 9.84 Å².